The Balaban J connectivity index is 4.60. The predicted octanol–water partition coefficient (Wildman–Crippen LogP) is 16.5. The van der Waals surface area contributed by atoms with E-state index in [1.807, 2.05) is 0 Å². The van der Waals surface area contributed by atoms with Gasteiger partial charge in [0.15, 0.2) is 6.10 Å². The summed E-state index contributed by atoms with van der Waals surface area (Å²) in [5.41, 5.74) is 0. The van der Waals surface area contributed by atoms with E-state index in [1.165, 1.54) is 167 Å². The van der Waals surface area contributed by atoms with Gasteiger partial charge in [0, 0.05) is 19.3 Å². The number of hydrogen-bond donors (Lipinski definition) is 2. The molecule has 0 aliphatic rings. The zero-order valence-corrected chi connectivity index (χ0v) is 45.2. The van der Waals surface area contributed by atoms with E-state index >= 15 is 0 Å². The molecular formula is C56H107O11P. The molecule has 0 aromatic heterocycles. The molecule has 0 aromatic carbocycles. The van der Waals surface area contributed by atoms with Gasteiger partial charge in [0.1, 0.15) is 12.7 Å². The van der Waals surface area contributed by atoms with Gasteiger partial charge in [0.05, 0.1) is 19.8 Å². The van der Waals surface area contributed by atoms with E-state index in [2.05, 4.69) is 32.9 Å². The van der Waals surface area contributed by atoms with Crippen LogP contribution >= 0.6 is 7.82 Å². The van der Waals surface area contributed by atoms with Crippen molar-refractivity contribution < 1.29 is 52.2 Å². The molecule has 11 nitrogen and oxygen atoms in total. The summed E-state index contributed by atoms with van der Waals surface area (Å²) in [4.78, 5) is 48.4. The van der Waals surface area contributed by atoms with Crippen LogP contribution in [0.25, 0.3) is 0 Å². The minimum Gasteiger partial charge on any atom is -0.462 e. The van der Waals surface area contributed by atoms with Gasteiger partial charge in [-0.15, -0.1) is 0 Å². The van der Waals surface area contributed by atoms with Gasteiger partial charge in [-0.05, 0) is 44.9 Å². The van der Waals surface area contributed by atoms with Crippen LogP contribution in [0.1, 0.15) is 290 Å². The fourth-order valence-electron chi connectivity index (χ4n) is 8.29. The van der Waals surface area contributed by atoms with Crippen LogP contribution in [-0.4, -0.2) is 66.5 Å². The normalized spacial score (nSPS) is 13.4. The average Bonchev–Trinajstić information content (AvgIpc) is 3.32. The highest BCUT2D eigenvalue weighted by Crippen LogP contribution is 2.43. The highest BCUT2D eigenvalue weighted by Gasteiger charge is 2.28. The van der Waals surface area contributed by atoms with Gasteiger partial charge in [-0.25, -0.2) is 4.57 Å². The standard InChI is InChI=1S/C56H107O11P/c1-4-7-10-13-16-19-21-23-25-26-28-30-32-35-38-41-44-47-56(60)67-53(49-63-54(58)45-42-39-36-33-18-15-12-9-6-3)51-65-68(61,62)64-50-52(48-57)66-55(59)46-43-40-37-34-31-29-27-24-22-20-17-14-11-8-5-2/h23,25,52-53,57H,4-22,24,26-51H2,1-3H3,(H,61,62)/b25-23-. The number of unbranched alkanes of at least 4 members (excludes halogenated alkanes) is 35. The lowest BCUT2D eigenvalue weighted by molar-refractivity contribution is -0.161. The first-order chi connectivity index (χ1) is 33.2. The third-order valence-corrected chi connectivity index (χ3v) is 13.6. The van der Waals surface area contributed by atoms with Crippen molar-refractivity contribution >= 4 is 25.7 Å². The Morgan fingerprint density at radius 3 is 1.01 bits per heavy atom. The van der Waals surface area contributed by atoms with Crippen LogP contribution in [0.2, 0.25) is 0 Å². The lowest BCUT2D eigenvalue weighted by Crippen LogP contribution is -2.30. The van der Waals surface area contributed by atoms with Crippen molar-refractivity contribution in [2.24, 2.45) is 0 Å². The Bertz CT molecular complexity index is 1200. The van der Waals surface area contributed by atoms with Crippen LogP contribution in [0.5, 0.6) is 0 Å². The monoisotopic (exact) mass is 987 g/mol. The summed E-state index contributed by atoms with van der Waals surface area (Å²) in [5, 5.41) is 9.80. The first-order valence-corrected chi connectivity index (χ1v) is 30.1. The molecule has 0 saturated heterocycles. The van der Waals surface area contributed by atoms with Crippen molar-refractivity contribution in [1.29, 1.82) is 0 Å². The minimum atomic E-state index is -4.73. The van der Waals surface area contributed by atoms with E-state index in [1.54, 1.807) is 0 Å². The van der Waals surface area contributed by atoms with Gasteiger partial charge in [0.25, 0.3) is 0 Å². The summed E-state index contributed by atoms with van der Waals surface area (Å²) in [7, 11) is -4.73. The van der Waals surface area contributed by atoms with Crippen LogP contribution in [0.15, 0.2) is 12.2 Å². The van der Waals surface area contributed by atoms with E-state index < -0.39 is 57.8 Å². The molecule has 0 saturated carbocycles. The Labute approximate surface area is 417 Å². The fourth-order valence-corrected chi connectivity index (χ4v) is 9.08. The topological polar surface area (TPSA) is 155 Å². The maximum Gasteiger partial charge on any atom is 0.472 e. The number of phosphoric acid groups is 1. The third kappa shape index (κ3) is 49.2. The molecular weight excluding hydrogens is 880 g/mol. The van der Waals surface area contributed by atoms with E-state index in [9.17, 15) is 28.9 Å². The summed E-state index contributed by atoms with van der Waals surface area (Å²) in [5.74, 6) is -1.44. The zero-order valence-electron chi connectivity index (χ0n) is 44.4. The molecule has 0 radical (unpaired) electrons. The number of carbonyl (C=O) groups excluding carboxylic acids is 3. The number of rotatable bonds is 54. The maximum absolute atomic E-state index is 12.9. The number of hydrogen-bond acceptors (Lipinski definition) is 10. The molecule has 3 unspecified atom stereocenters. The van der Waals surface area contributed by atoms with Crippen molar-refractivity contribution in [2.75, 3.05) is 26.4 Å². The van der Waals surface area contributed by atoms with Crippen LogP contribution in [0.4, 0.5) is 0 Å². The Morgan fingerprint density at radius 2 is 0.676 bits per heavy atom. The van der Waals surface area contributed by atoms with Gasteiger partial charge in [-0.1, -0.05) is 238 Å². The van der Waals surface area contributed by atoms with Crippen molar-refractivity contribution in [3.05, 3.63) is 12.2 Å². The number of ether oxygens (including phenoxy) is 3. The smallest absolute Gasteiger partial charge is 0.462 e. The highest BCUT2D eigenvalue weighted by molar-refractivity contribution is 7.47. The Hall–Kier alpha value is -1.78. The van der Waals surface area contributed by atoms with Crippen LogP contribution in [-0.2, 0) is 42.2 Å². The molecule has 0 fully saturated rings. The first-order valence-electron chi connectivity index (χ1n) is 28.6. The van der Waals surface area contributed by atoms with Crippen molar-refractivity contribution in [3.63, 3.8) is 0 Å². The van der Waals surface area contributed by atoms with E-state index in [4.69, 9.17) is 23.3 Å². The lowest BCUT2D eigenvalue weighted by atomic mass is 10.0. The molecule has 0 aliphatic heterocycles. The molecule has 0 bridgehead atoms. The molecule has 0 heterocycles. The number of allylic oxidation sites excluding steroid dienone is 2. The van der Waals surface area contributed by atoms with Gasteiger partial charge in [0.2, 0.25) is 0 Å². The van der Waals surface area contributed by atoms with Crippen LogP contribution < -0.4 is 0 Å². The predicted molar refractivity (Wildman–Crippen MR) is 280 cm³/mol. The van der Waals surface area contributed by atoms with Gasteiger partial charge in [-0.3, -0.25) is 23.4 Å². The highest BCUT2D eigenvalue weighted by atomic mass is 31.2. The molecule has 0 amide bonds. The van der Waals surface area contributed by atoms with E-state index in [0.29, 0.717) is 19.3 Å². The van der Waals surface area contributed by atoms with Gasteiger partial charge < -0.3 is 24.2 Å². The van der Waals surface area contributed by atoms with Crippen molar-refractivity contribution in [1.82, 2.24) is 0 Å². The zero-order chi connectivity index (χ0) is 49.9. The average molecular weight is 987 g/mol. The van der Waals surface area contributed by atoms with Gasteiger partial charge >= 0.3 is 25.7 Å². The second-order valence-corrected chi connectivity index (χ2v) is 20.9. The number of aliphatic hydroxyl groups excluding tert-OH is 1. The molecule has 402 valence electrons. The van der Waals surface area contributed by atoms with Crippen molar-refractivity contribution in [2.45, 2.75) is 303 Å². The van der Waals surface area contributed by atoms with Crippen LogP contribution in [0, 0.1) is 0 Å². The van der Waals surface area contributed by atoms with Crippen LogP contribution in [0.3, 0.4) is 0 Å². The number of aliphatic hydroxyl groups is 1. The molecule has 12 heteroatoms. The van der Waals surface area contributed by atoms with Gasteiger partial charge in [-0.2, -0.15) is 0 Å². The second kappa shape index (κ2) is 51.6. The molecule has 0 spiro atoms. The fraction of sp³-hybridized carbons (Fsp3) is 0.911. The Kier molecular flexibility index (Phi) is 50.2. The number of phosphoric ester groups is 1. The SMILES string of the molecule is CCCCCCCC/C=C\CCCCCCCCCC(=O)OC(COC(=O)CCCCCCCCCCC)COP(=O)(O)OCC(CO)OC(=O)CCCCCCCCCCCCCCCCC. The lowest BCUT2D eigenvalue weighted by Gasteiger charge is -2.21. The molecule has 0 aromatic rings. The molecule has 68 heavy (non-hydrogen) atoms. The molecule has 3 atom stereocenters. The second-order valence-electron chi connectivity index (χ2n) is 19.5. The molecule has 2 N–H and O–H groups in total. The largest absolute Gasteiger partial charge is 0.472 e. The van der Waals surface area contributed by atoms with Crippen molar-refractivity contribution in [3.8, 4) is 0 Å². The summed E-state index contributed by atoms with van der Waals surface area (Å²) >= 11 is 0. The van der Waals surface area contributed by atoms with E-state index in [-0.39, 0.29) is 25.9 Å². The maximum atomic E-state index is 12.9. The molecule has 0 aliphatic carbocycles. The quantitative estimate of drug-likeness (QED) is 0.0197. The molecule has 0 rings (SSSR count). The number of esters is 3. The number of carbonyl (C=O) groups is 3. The summed E-state index contributed by atoms with van der Waals surface area (Å²) in [6.45, 7) is 4.66. The Morgan fingerprint density at radius 1 is 0.397 bits per heavy atom. The third-order valence-electron chi connectivity index (χ3n) is 12.7. The first kappa shape index (κ1) is 66.2. The van der Waals surface area contributed by atoms with E-state index in [0.717, 1.165) is 64.2 Å². The minimum absolute atomic E-state index is 0.169. The summed E-state index contributed by atoms with van der Waals surface area (Å²) in [6.07, 6.45) is 48.9. The summed E-state index contributed by atoms with van der Waals surface area (Å²) in [6, 6.07) is 0. The summed E-state index contributed by atoms with van der Waals surface area (Å²) < 4.78 is 39.4.